The minimum atomic E-state index is -0.988. The number of nitrogens with zero attached hydrogens (tertiary/aromatic N) is 2. The summed E-state index contributed by atoms with van der Waals surface area (Å²) >= 11 is -0.988. The molecule has 1 aliphatic heterocycles. The highest BCUT2D eigenvalue weighted by Crippen LogP contribution is 2.40. The average Bonchev–Trinajstić information content (AvgIpc) is 3.01. The maximum atomic E-state index is 12.2. The van der Waals surface area contributed by atoms with Gasteiger partial charge in [0, 0.05) is 29.9 Å². The van der Waals surface area contributed by atoms with Gasteiger partial charge in [-0.05, 0) is 18.8 Å². The van der Waals surface area contributed by atoms with Crippen LogP contribution in [0, 0.1) is 5.92 Å². The molecule has 1 saturated heterocycles. The highest BCUT2D eigenvalue weighted by atomic mass is 32.2. The highest BCUT2D eigenvalue weighted by molar-refractivity contribution is 7.88. The lowest BCUT2D eigenvalue weighted by atomic mass is 10.1. The fraction of sp³-hybridized carbons (Fsp3) is 0.692. The van der Waals surface area contributed by atoms with E-state index in [0.717, 1.165) is 25.1 Å². The Labute approximate surface area is 121 Å². The summed E-state index contributed by atoms with van der Waals surface area (Å²) in [5.74, 6) is 1.33. The number of rotatable bonds is 4. The number of carbonyl (C=O) groups is 1. The summed E-state index contributed by atoms with van der Waals surface area (Å²) in [5.41, 5.74) is 0.343. The fourth-order valence-corrected chi connectivity index (χ4v) is 3.33. The lowest BCUT2D eigenvalue weighted by Gasteiger charge is -2.16. The molecule has 2 aliphatic rings. The van der Waals surface area contributed by atoms with E-state index in [1.165, 1.54) is 0 Å². The van der Waals surface area contributed by atoms with Gasteiger partial charge in [0.2, 0.25) is 0 Å². The summed E-state index contributed by atoms with van der Waals surface area (Å²) in [6, 6.07) is 1.75. The van der Waals surface area contributed by atoms with E-state index >= 15 is 0 Å². The molecular weight excluding hydrogens is 278 g/mol. The van der Waals surface area contributed by atoms with Crippen molar-refractivity contribution < 1.29 is 13.9 Å². The Bertz CT molecular complexity index is 501. The molecule has 1 aromatic rings. The zero-order valence-electron chi connectivity index (χ0n) is 11.7. The molecule has 110 valence electrons. The first kappa shape index (κ1) is 13.9. The van der Waals surface area contributed by atoms with Crippen LogP contribution in [0.1, 0.15) is 41.9 Å². The molecule has 0 spiro atoms. The van der Waals surface area contributed by atoms with Crippen molar-refractivity contribution in [1.82, 2.24) is 14.8 Å². The molecule has 0 bridgehead atoms. The van der Waals surface area contributed by atoms with Crippen LogP contribution >= 0.6 is 0 Å². The maximum absolute atomic E-state index is 12.2. The summed E-state index contributed by atoms with van der Waals surface area (Å²) in [4.78, 5) is 12.2. The third kappa shape index (κ3) is 2.84. The van der Waals surface area contributed by atoms with Crippen molar-refractivity contribution in [1.29, 1.82) is 0 Å². The third-order valence-corrected chi connectivity index (χ3v) is 5.03. The lowest BCUT2D eigenvalue weighted by molar-refractivity contribution is 0.0923. The lowest BCUT2D eigenvalue weighted by Crippen LogP contribution is -2.40. The molecule has 3 unspecified atom stereocenters. The van der Waals surface area contributed by atoms with Gasteiger partial charge in [0.25, 0.3) is 5.91 Å². The SMILES string of the molecule is CC1CN([S+](C)[O-])CC1NC(=O)c1cc(C2CC2)on1. The van der Waals surface area contributed by atoms with Crippen molar-refractivity contribution in [3.05, 3.63) is 17.5 Å². The van der Waals surface area contributed by atoms with Crippen molar-refractivity contribution in [2.24, 2.45) is 5.92 Å². The van der Waals surface area contributed by atoms with Crippen LogP contribution in [0.15, 0.2) is 10.6 Å². The summed E-state index contributed by atoms with van der Waals surface area (Å²) in [6.07, 6.45) is 3.90. The number of hydrogen-bond donors (Lipinski definition) is 1. The van der Waals surface area contributed by atoms with Gasteiger partial charge in [-0.3, -0.25) is 4.79 Å². The zero-order chi connectivity index (χ0) is 14.3. The van der Waals surface area contributed by atoms with E-state index < -0.39 is 11.4 Å². The van der Waals surface area contributed by atoms with Crippen molar-refractivity contribution in [2.45, 2.75) is 31.7 Å². The number of nitrogens with one attached hydrogen (secondary N) is 1. The van der Waals surface area contributed by atoms with Gasteiger partial charge in [-0.25, -0.2) is 0 Å². The summed E-state index contributed by atoms with van der Waals surface area (Å²) in [5, 5.41) is 6.80. The quantitative estimate of drug-likeness (QED) is 0.835. The Balaban J connectivity index is 1.60. The second-order valence-electron chi connectivity index (χ2n) is 5.72. The van der Waals surface area contributed by atoms with E-state index in [-0.39, 0.29) is 17.9 Å². The Kier molecular flexibility index (Phi) is 3.74. The molecule has 6 nitrogen and oxygen atoms in total. The molecule has 7 heteroatoms. The smallest absolute Gasteiger partial charge is 0.273 e. The highest BCUT2D eigenvalue weighted by Gasteiger charge is 2.36. The van der Waals surface area contributed by atoms with E-state index in [9.17, 15) is 9.35 Å². The molecule has 3 atom stereocenters. The van der Waals surface area contributed by atoms with Crippen LogP contribution in [-0.4, -0.2) is 45.3 Å². The van der Waals surface area contributed by atoms with Crippen molar-refractivity contribution in [2.75, 3.05) is 19.3 Å². The Morgan fingerprint density at radius 1 is 1.55 bits per heavy atom. The van der Waals surface area contributed by atoms with Crippen LogP contribution in [0.3, 0.4) is 0 Å². The first-order chi connectivity index (χ1) is 9.54. The Morgan fingerprint density at radius 3 is 2.90 bits per heavy atom. The van der Waals surface area contributed by atoms with Gasteiger partial charge in [0.1, 0.15) is 12.0 Å². The van der Waals surface area contributed by atoms with Crippen LogP contribution in [-0.2, 0) is 11.4 Å². The molecule has 2 fully saturated rings. The molecule has 1 saturated carbocycles. The van der Waals surface area contributed by atoms with E-state index in [0.29, 0.717) is 18.2 Å². The fourth-order valence-electron chi connectivity index (χ4n) is 2.52. The predicted molar refractivity (Wildman–Crippen MR) is 74.5 cm³/mol. The van der Waals surface area contributed by atoms with Crippen LogP contribution in [0.4, 0.5) is 0 Å². The molecule has 1 N–H and O–H groups in total. The maximum Gasteiger partial charge on any atom is 0.273 e. The van der Waals surface area contributed by atoms with Gasteiger partial charge >= 0.3 is 0 Å². The van der Waals surface area contributed by atoms with E-state index in [1.54, 1.807) is 12.3 Å². The van der Waals surface area contributed by atoms with Gasteiger partial charge in [0.05, 0.1) is 12.6 Å². The van der Waals surface area contributed by atoms with E-state index in [1.807, 2.05) is 4.31 Å². The van der Waals surface area contributed by atoms with Gasteiger partial charge in [-0.15, -0.1) is 4.31 Å². The van der Waals surface area contributed by atoms with Gasteiger partial charge < -0.3 is 14.4 Å². The standard InChI is InChI=1S/C13H19N3O3S/c1-8-6-16(20(2)18)7-11(8)14-13(17)10-5-12(19-15-10)9-3-4-9/h5,8-9,11H,3-4,6-7H2,1-2H3,(H,14,17). The topological polar surface area (TPSA) is 81.4 Å². The monoisotopic (exact) mass is 297 g/mol. The molecule has 2 heterocycles. The first-order valence-electron chi connectivity index (χ1n) is 6.90. The first-order valence-corrected chi connectivity index (χ1v) is 8.42. The molecule has 0 radical (unpaired) electrons. The molecule has 0 aromatic carbocycles. The number of carbonyl (C=O) groups excluding carboxylic acids is 1. The predicted octanol–water partition coefficient (Wildman–Crippen LogP) is 0.896. The van der Waals surface area contributed by atoms with Gasteiger partial charge in [-0.1, -0.05) is 12.1 Å². The second kappa shape index (κ2) is 5.38. The molecule has 1 aliphatic carbocycles. The summed E-state index contributed by atoms with van der Waals surface area (Å²) in [6.45, 7) is 3.40. The Morgan fingerprint density at radius 2 is 2.30 bits per heavy atom. The normalized spacial score (nSPS) is 28.6. The van der Waals surface area contributed by atoms with Crippen molar-refractivity contribution in [3.8, 4) is 0 Å². The summed E-state index contributed by atoms with van der Waals surface area (Å²) in [7, 11) is 0. The van der Waals surface area contributed by atoms with Crippen LogP contribution in [0.25, 0.3) is 0 Å². The molecule has 3 rings (SSSR count). The number of amides is 1. The van der Waals surface area contributed by atoms with Crippen molar-refractivity contribution in [3.63, 3.8) is 0 Å². The minimum Gasteiger partial charge on any atom is -0.598 e. The number of hydrogen-bond acceptors (Lipinski definition) is 5. The number of aromatic nitrogens is 1. The second-order valence-corrected chi connectivity index (χ2v) is 7.08. The average molecular weight is 297 g/mol. The largest absolute Gasteiger partial charge is 0.598 e. The van der Waals surface area contributed by atoms with Crippen LogP contribution in [0.2, 0.25) is 0 Å². The van der Waals surface area contributed by atoms with Crippen LogP contribution < -0.4 is 5.32 Å². The molecule has 1 amide bonds. The third-order valence-electron chi connectivity index (χ3n) is 4.00. The molecule has 20 heavy (non-hydrogen) atoms. The van der Waals surface area contributed by atoms with Gasteiger partial charge in [-0.2, -0.15) is 0 Å². The summed E-state index contributed by atoms with van der Waals surface area (Å²) < 4.78 is 18.5. The Hall–Kier alpha value is -1.05. The molecular formula is C13H19N3O3S. The van der Waals surface area contributed by atoms with E-state index in [2.05, 4.69) is 17.4 Å². The van der Waals surface area contributed by atoms with Crippen molar-refractivity contribution >= 4 is 17.3 Å². The minimum absolute atomic E-state index is 0.00692. The zero-order valence-corrected chi connectivity index (χ0v) is 12.5. The van der Waals surface area contributed by atoms with E-state index in [4.69, 9.17) is 4.52 Å². The van der Waals surface area contributed by atoms with Gasteiger partial charge in [0.15, 0.2) is 5.69 Å². The molecule has 1 aromatic heterocycles. The van der Waals surface area contributed by atoms with Crippen LogP contribution in [0.5, 0.6) is 0 Å².